The first-order valence-electron chi connectivity index (χ1n) is 10.2. The van der Waals surface area contributed by atoms with Crippen molar-refractivity contribution < 1.29 is 14.3 Å². The van der Waals surface area contributed by atoms with Gasteiger partial charge in [-0.15, -0.1) is 0 Å². The van der Waals surface area contributed by atoms with Crippen LogP contribution in [-0.2, 0) is 16.2 Å². The molecule has 33 heavy (non-hydrogen) atoms. The molecule has 0 atom stereocenters. The molecule has 4 aromatic carbocycles. The molecule has 0 fully saturated rings. The molecule has 2 N–H and O–H groups in total. The van der Waals surface area contributed by atoms with Crippen molar-refractivity contribution >= 4 is 46.1 Å². The average molecular weight is 458 g/mol. The van der Waals surface area contributed by atoms with Gasteiger partial charge in [0.25, 0.3) is 0 Å². The predicted octanol–water partition coefficient (Wildman–Crippen LogP) is 5.16. The first-order valence-corrected chi connectivity index (χ1v) is 10.6. The summed E-state index contributed by atoms with van der Waals surface area (Å²) in [6, 6.07) is 28.1. The van der Waals surface area contributed by atoms with Crippen LogP contribution in [0.3, 0.4) is 0 Å². The van der Waals surface area contributed by atoms with E-state index in [0.717, 1.165) is 16.3 Å². The largest absolute Gasteiger partial charge is 0.489 e. The molecule has 0 heterocycles. The van der Waals surface area contributed by atoms with Crippen LogP contribution >= 0.6 is 11.6 Å². The zero-order chi connectivity index (χ0) is 23.0. The average Bonchev–Trinajstić information content (AvgIpc) is 2.83. The summed E-state index contributed by atoms with van der Waals surface area (Å²) in [4.78, 5) is 23.9. The monoisotopic (exact) mass is 457 g/mol. The van der Waals surface area contributed by atoms with Gasteiger partial charge in [-0.3, -0.25) is 9.59 Å². The maximum Gasteiger partial charge on any atom is 0.329 e. The lowest BCUT2D eigenvalue weighted by Crippen LogP contribution is -2.32. The Kier molecular flexibility index (Phi) is 6.97. The zero-order valence-electron chi connectivity index (χ0n) is 17.5. The third-order valence-electron chi connectivity index (χ3n) is 4.80. The minimum atomic E-state index is -0.894. The summed E-state index contributed by atoms with van der Waals surface area (Å²) in [5.41, 5.74) is 4.42. The van der Waals surface area contributed by atoms with Crippen LogP contribution in [0, 0.1) is 0 Å². The number of ether oxygens (including phenoxy) is 1. The molecule has 7 heteroatoms. The van der Waals surface area contributed by atoms with E-state index in [2.05, 4.69) is 34.0 Å². The van der Waals surface area contributed by atoms with Crippen LogP contribution in [0.25, 0.3) is 10.8 Å². The normalized spacial score (nSPS) is 10.8. The first-order chi connectivity index (χ1) is 16.1. The molecule has 164 valence electrons. The van der Waals surface area contributed by atoms with Crippen molar-refractivity contribution in [3.63, 3.8) is 0 Å². The summed E-state index contributed by atoms with van der Waals surface area (Å²) >= 11 is 5.87. The summed E-state index contributed by atoms with van der Waals surface area (Å²) < 4.78 is 5.96. The lowest BCUT2D eigenvalue weighted by atomic mass is 10.1. The van der Waals surface area contributed by atoms with Gasteiger partial charge in [0.2, 0.25) is 0 Å². The fourth-order valence-electron chi connectivity index (χ4n) is 3.23. The number of carbonyl (C=O) groups is 2. The molecular weight excluding hydrogens is 438 g/mol. The van der Waals surface area contributed by atoms with E-state index >= 15 is 0 Å². The summed E-state index contributed by atoms with van der Waals surface area (Å²) in [6.07, 6.45) is 1.44. The molecular formula is C26H20ClN3O3. The number of hydrogen-bond acceptors (Lipinski definition) is 4. The van der Waals surface area contributed by atoms with Gasteiger partial charge >= 0.3 is 11.8 Å². The van der Waals surface area contributed by atoms with E-state index in [9.17, 15) is 9.59 Å². The molecule has 4 rings (SSSR count). The molecule has 0 aliphatic heterocycles. The van der Waals surface area contributed by atoms with E-state index in [1.165, 1.54) is 6.21 Å². The van der Waals surface area contributed by atoms with Gasteiger partial charge in [0.15, 0.2) is 0 Å². The molecule has 0 saturated heterocycles. The molecule has 6 nitrogen and oxygen atoms in total. The Labute approximate surface area is 195 Å². The zero-order valence-corrected chi connectivity index (χ0v) is 18.3. The summed E-state index contributed by atoms with van der Waals surface area (Å²) in [5.74, 6) is -1.08. The Morgan fingerprint density at radius 1 is 0.879 bits per heavy atom. The number of nitrogens with one attached hydrogen (secondary N) is 2. The minimum Gasteiger partial charge on any atom is -0.489 e. The third-order valence-corrected chi connectivity index (χ3v) is 5.04. The van der Waals surface area contributed by atoms with Crippen molar-refractivity contribution in [1.82, 2.24) is 5.43 Å². The summed E-state index contributed by atoms with van der Waals surface area (Å²) in [5, 5.41) is 9.07. The second kappa shape index (κ2) is 10.4. The highest BCUT2D eigenvalue weighted by molar-refractivity contribution is 6.39. The number of hydrogen-bond donors (Lipinski definition) is 2. The van der Waals surface area contributed by atoms with Crippen LogP contribution in [0.4, 0.5) is 5.69 Å². The quantitative estimate of drug-likeness (QED) is 0.238. The number of hydrazone groups is 1. The number of halogens is 1. The van der Waals surface area contributed by atoms with Gasteiger partial charge in [0.05, 0.1) is 6.21 Å². The molecule has 0 unspecified atom stereocenters. The van der Waals surface area contributed by atoms with E-state index < -0.39 is 11.8 Å². The molecule has 0 spiro atoms. The number of fused-ring (bicyclic) bond motifs is 1. The molecule has 4 aromatic rings. The Morgan fingerprint density at radius 2 is 1.67 bits per heavy atom. The SMILES string of the molecule is O=C(NN=Cc1cccc(OCc2cccc3ccccc23)c1)C(=O)Nc1cccc(Cl)c1. The van der Waals surface area contributed by atoms with Crippen LogP contribution in [0.15, 0.2) is 96.1 Å². The summed E-state index contributed by atoms with van der Waals surface area (Å²) in [6.45, 7) is 0.419. The Hall–Kier alpha value is -4.16. The predicted molar refractivity (Wildman–Crippen MR) is 131 cm³/mol. The second-order valence-electron chi connectivity index (χ2n) is 7.16. The lowest BCUT2D eigenvalue weighted by molar-refractivity contribution is -0.136. The number of benzene rings is 4. The van der Waals surface area contributed by atoms with E-state index in [1.807, 2.05) is 42.5 Å². The first kappa shape index (κ1) is 22.0. The maximum atomic E-state index is 12.0. The van der Waals surface area contributed by atoms with Gasteiger partial charge < -0.3 is 10.1 Å². The second-order valence-corrected chi connectivity index (χ2v) is 7.60. The highest BCUT2D eigenvalue weighted by Gasteiger charge is 2.12. The highest BCUT2D eigenvalue weighted by Crippen LogP contribution is 2.21. The van der Waals surface area contributed by atoms with Crippen LogP contribution in [0.2, 0.25) is 5.02 Å². The van der Waals surface area contributed by atoms with Crippen LogP contribution in [-0.4, -0.2) is 18.0 Å². The number of carbonyl (C=O) groups excluding carboxylic acids is 2. The molecule has 0 aliphatic rings. The van der Waals surface area contributed by atoms with Crippen molar-refractivity contribution in [1.29, 1.82) is 0 Å². The summed E-state index contributed by atoms with van der Waals surface area (Å²) in [7, 11) is 0. The van der Waals surface area contributed by atoms with Crippen molar-refractivity contribution in [2.45, 2.75) is 6.61 Å². The third kappa shape index (κ3) is 5.96. The topological polar surface area (TPSA) is 79.8 Å². The molecule has 0 aromatic heterocycles. The van der Waals surface area contributed by atoms with Crippen molar-refractivity contribution in [3.8, 4) is 5.75 Å². The highest BCUT2D eigenvalue weighted by atomic mass is 35.5. The van der Waals surface area contributed by atoms with Crippen LogP contribution in [0.1, 0.15) is 11.1 Å². The van der Waals surface area contributed by atoms with Crippen molar-refractivity contribution in [2.24, 2.45) is 5.10 Å². The van der Waals surface area contributed by atoms with E-state index in [1.54, 1.807) is 30.3 Å². The fourth-order valence-corrected chi connectivity index (χ4v) is 3.42. The van der Waals surface area contributed by atoms with E-state index in [-0.39, 0.29) is 0 Å². The van der Waals surface area contributed by atoms with Gasteiger partial charge in [0.1, 0.15) is 12.4 Å². The Bertz CT molecular complexity index is 1330. The minimum absolute atomic E-state index is 0.419. The smallest absolute Gasteiger partial charge is 0.329 e. The van der Waals surface area contributed by atoms with E-state index in [0.29, 0.717) is 28.6 Å². The number of nitrogens with zero attached hydrogens (tertiary/aromatic N) is 1. The maximum absolute atomic E-state index is 12.0. The van der Waals surface area contributed by atoms with Crippen LogP contribution < -0.4 is 15.5 Å². The van der Waals surface area contributed by atoms with Gasteiger partial charge in [-0.1, -0.05) is 72.3 Å². The molecule has 0 bridgehead atoms. The molecule has 0 aliphatic carbocycles. The standard InChI is InChI=1S/C26H20ClN3O3/c27-21-10-5-11-22(15-21)29-25(31)26(32)30-28-16-18-6-3-12-23(14-18)33-17-20-9-4-8-19-7-1-2-13-24(19)20/h1-16H,17H2,(H,29,31)(H,30,32). The van der Waals surface area contributed by atoms with Gasteiger partial charge in [-0.2, -0.15) is 5.10 Å². The number of anilines is 1. The fraction of sp³-hybridized carbons (Fsp3) is 0.0385. The molecule has 0 radical (unpaired) electrons. The van der Waals surface area contributed by atoms with Crippen LogP contribution in [0.5, 0.6) is 5.75 Å². The van der Waals surface area contributed by atoms with Gasteiger partial charge in [-0.05, 0) is 52.2 Å². The Morgan fingerprint density at radius 3 is 2.55 bits per heavy atom. The number of rotatable bonds is 6. The number of amides is 2. The van der Waals surface area contributed by atoms with Crippen molar-refractivity contribution in [3.05, 3.63) is 107 Å². The Balaban J connectivity index is 1.33. The van der Waals surface area contributed by atoms with Crippen molar-refractivity contribution in [2.75, 3.05) is 5.32 Å². The van der Waals surface area contributed by atoms with Gasteiger partial charge in [-0.25, -0.2) is 5.43 Å². The molecule has 0 saturated carbocycles. The molecule has 2 amide bonds. The lowest BCUT2D eigenvalue weighted by Gasteiger charge is -2.09. The van der Waals surface area contributed by atoms with Gasteiger partial charge in [0, 0.05) is 10.7 Å². The van der Waals surface area contributed by atoms with E-state index in [4.69, 9.17) is 16.3 Å².